The molecule has 0 amide bonds. The number of aromatic nitrogens is 4. The van der Waals surface area contributed by atoms with Gasteiger partial charge in [-0.2, -0.15) is 5.10 Å². The first-order valence-electron chi connectivity index (χ1n) is 6.91. The van der Waals surface area contributed by atoms with Gasteiger partial charge in [-0.3, -0.25) is 5.10 Å². The molecule has 1 saturated heterocycles. The molecule has 2 N–H and O–H groups in total. The largest absolute Gasteiger partial charge is 0.390 e. The Hall–Kier alpha value is -1.95. The molecule has 6 heteroatoms. The molecule has 3 rings (SSSR count). The average Bonchev–Trinajstić information content (AvgIpc) is 3.06. The Morgan fingerprint density at radius 1 is 1.30 bits per heavy atom. The van der Waals surface area contributed by atoms with E-state index in [0.717, 1.165) is 48.1 Å². The third-order valence-corrected chi connectivity index (χ3v) is 3.64. The third-order valence-electron chi connectivity index (χ3n) is 3.64. The van der Waals surface area contributed by atoms with E-state index in [9.17, 15) is 0 Å². The number of anilines is 1. The first-order chi connectivity index (χ1) is 9.67. The number of hydrogen-bond donors (Lipinski definition) is 2. The van der Waals surface area contributed by atoms with Gasteiger partial charge in [0.25, 0.3) is 0 Å². The molecule has 0 bridgehead atoms. The van der Waals surface area contributed by atoms with Crippen LogP contribution in [0.1, 0.15) is 41.7 Å². The summed E-state index contributed by atoms with van der Waals surface area (Å²) in [6.45, 7) is 4.90. The summed E-state index contributed by atoms with van der Waals surface area (Å²) in [7, 11) is 0. The smallest absolute Gasteiger partial charge is 0.226 e. The van der Waals surface area contributed by atoms with Crippen LogP contribution in [0.15, 0.2) is 12.1 Å². The minimum absolute atomic E-state index is 0.0141. The van der Waals surface area contributed by atoms with E-state index in [1.807, 2.05) is 26.0 Å². The van der Waals surface area contributed by atoms with Crippen LogP contribution in [-0.2, 0) is 6.61 Å². The van der Waals surface area contributed by atoms with E-state index in [2.05, 4.69) is 25.1 Å². The Labute approximate surface area is 117 Å². The number of aryl methyl sites for hydroxylation is 2. The van der Waals surface area contributed by atoms with E-state index in [4.69, 9.17) is 5.11 Å². The van der Waals surface area contributed by atoms with Crippen molar-refractivity contribution in [3.05, 3.63) is 34.9 Å². The number of nitrogens with one attached hydrogen (secondary N) is 1. The number of H-pyrrole nitrogens is 1. The number of aliphatic hydroxyl groups excluding tert-OH is 1. The fourth-order valence-corrected chi connectivity index (χ4v) is 2.78. The molecule has 1 aliphatic heterocycles. The molecular weight excluding hydrogens is 254 g/mol. The van der Waals surface area contributed by atoms with Crippen molar-refractivity contribution in [1.29, 1.82) is 0 Å². The predicted octanol–water partition coefficient (Wildman–Crippen LogP) is 1.65. The molecule has 0 saturated carbocycles. The zero-order valence-electron chi connectivity index (χ0n) is 11.8. The van der Waals surface area contributed by atoms with Crippen LogP contribution in [0.4, 0.5) is 5.95 Å². The Balaban J connectivity index is 1.91. The van der Waals surface area contributed by atoms with Crippen molar-refractivity contribution in [2.45, 2.75) is 39.3 Å². The topological polar surface area (TPSA) is 77.9 Å². The fraction of sp³-hybridized carbons (Fsp3) is 0.500. The molecule has 1 fully saturated rings. The van der Waals surface area contributed by atoms with Crippen LogP contribution in [0.5, 0.6) is 0 Å². The van der Waals surface area contributed by atoms with Crippen LogP contribution in [0.3, 0.4) is 0 Å². The average molecular weight is 273 g/mol. The zero-order chi connectivity index (χ0) is 14.1. The molecular formula is C14H19N5O. The summed E-state index contributed by atoms with van der Waals surface area (Å²) in [4.78, 5) is 11.3. The van der Waals surface area contributed by atoms with Crippen molar-refractivity contribution in [2.24, 2.45) is 0 Å². The summed E-state index contributed by atoms with van der Waals surface area (Å²) in [6.07, 6.45) is 2.13. The van der Waals surface area contributed by atoms with Gasteiger partial charge in [-0.1, -0.05) is 0 Å². The molecule has 6 nitrogen and oxygen atoms in total. The van der Waals surface area contributed by atoms with Crippen molar-refractivity contribution >= 4 is 5.95 Å². The summed E-state index contributed by atoms with van der Waals surface area (Å²) in [5.41, 5.74) is 3.66. The van der Waals surface area contributed by atoms with E-state index < -0.39 is 0 Å². The van der Waals surface area contributed by atoms with Gasteiger partial charge >= 0.3 is 0 Å². The maximum atomic E-state index is 9.14. The molecule has 0 aliphatic carbocycles. The van der Waals surface area contributed by atoms with E-state index in [1.165, 1.54) is 0 Å². The first-order valence-corrected chi connectivity index (χ1v) is 6.91. The highest BCUT2D eigenvalue weighted by molar-refractivity contribution is 5.38. The van der Waals surface area contributed by atoms with E-state index in [-0.39, 0.29) is 12.6 Å². The highest BCUT2D eigenvalue weighted by Gasteiger charge is 2.30. The van der Waals surface area contributed by atoms with Gasteiger partial charge in [-0.15, -0.1) is 0 Å². The van der Waals surface area contributed by atoms with E-state index in [0.29, 0.717) is 0 Å². The zero-order valence-corrected chi connectivity index (χ0v) is 11.8. The van der Waals surface area contributed by atoms with Crippen molar-refractivity contribution in [3.63, 3.8) is 0 Å². The molecule has 1 unspecified atom stereocenters. The molecule has 20 heavy (non-hydrogen) atoms. The lowest BCUT2D eigenvalue weighted by molar-refractivity contribution is 0.276. The molecule has 0 aromatic carbocycles. The van der Waals surface area contributed by atoms with E-state index in [1.54, 1.807) is 0 Å². The minimum atomic E-state index is -0.0141. The second-order valence-electron chi connectivity index (χ2n) is 5.28. The lowest BCUT2D eigenvalue weighted by Gasteiger charge is -2.23. The SMILES string of the molecule is Cc1cc(C)nc(N2CCCC2c2cc(CO)[nH]n2)n1. The van der Waals surface area contributed by atoms with Gasteiger partial charge in [0.1, 0.15) is 0 Å². The van der Waals surface area contributed by atoms with Gasteiger partial charge in [-0.05, 0) is 38.8 Å². The number of nitrogens with zero attached hydrogens (tertiary/aromatic N) is 4. The first kappa shape index (κ1) is 13.1. The van der Waals surface area contributed by atoms with Gasteiger partial charge in [0, 0.05) is 17.9 Å². The molecule has 0 spiro atoms. The van der Waals surface area contributed by atoms with Crippen molar-refractivity contribution in [2.75, 3.05) is 11.4 Å². The van der Waals surface area contributed by atoms with Gasteiger partial charge < -0.3 is 10.0 Å². The fourth-order valence-electron chi connectivity index (χ4n) is 2.78. The lowest BCUT2D eigenvalue weighted by Crippen LogP contribution is -2.25. The summed E-state index contributed by atoms with van der Waals surface area (Å²) in [5.74, 6) is 0.776. The molecule has 1 aliphatic rings. The second-order valence-corrected chi connectivity index (χ2v) is 5.28. The molecule has 3 heterocycles. The quantitative estimate of drug-likeness (QED) is 0.889. The molecule has 106 valence electrons. The summed E-state index contributed by atoms with van der Waals surface area (Å²) < 4.78 is 0. The predicted molar refractivity (Wildman–Crippen MR) is 75.3 cm³/mol. The number of aliphatic hydroxyl groups is 1. The van der Waals surface area contributed by atoms with Gasteiger partial charge in [0.2, 0.25) is 5.95 Å². The second kappa shape index (κ2) is 5.20. The molecule has 2 aromatic heterocycles. The van der Waals surface area contributed by atoms with Crippen LogP contribution in [0.25, 0.3) is 0 Å². The molecule has 0 radical (unpaired) electrons. The highest BCUT2D eigenvalue weighted by Crippen LogP contribution is 2.33. The van der Waals surface area contributed by atoms with Crippen LogP contribution in [-0.4, -0.2) is 31.8 Å². The Kier molecular flexibility index (Phi) is 3.40. The number of hydrogen-bond acceptors (Lipinski definition) is 5. The standard InChI is InChI=1S/C14H19N5O/c1-9-6-10(2)16-14(15-9)19-5-3-4-13(19)12-7-11(8-20)17-18-12/h6-7,13,20H,3-5,8H2,1-2H3,(H,17,18). The van der Waals surface area contributed by atoms with Gasteiger partial charge in [-0.25, -0.2) is 9.97 Å². The van der Waals surface area contributed by atoms with Crippen LogP contribution in [0, 0.1) is 13.8 Å². The normalized spacial score (nSPS) is 18.8. The Morgan fingerprint density at radius 3 is 2.70 bits per heavy atom. The summed E-state index contributed by atoms with van der Waals surface area (Å²) in [6, 6.07) is 4.09. The minimum Gasteiger partial charge on any atom is -0.390 e. The van der Waals surface area contributed by atoms with E-state index >= 15 is 0 Å². The highest BCUT2D eigenvalue weighted by atomic mass is 16.3. The molecule has 2 aromatic rings. The number of aromatic amines is 1. The third kappa shape index (κ3) is 2.38. The van der Waals surface area contributed by atoms with Crippen molar-refractivity contribution < 1.29 is 5.11 Å². The van der Waals surface area contributed by atoms with Crippen molar-refractivity contribution in [1.82, 2.24) is 20.2 Å². The van der Waals surface area contributed by atoms with Crippen LogP contribution >= 0.6 is 0 Å². The van der Waals surface area contributed by atoms with Crippen LogP contribution < -0.4 is 4.90 Å². The maximum absolute atomic E-state index is 9.14. The molecule has 1 atom stereocenters. The Morgan fingerprint density at radius 2 is 2.05 bits per heavy atom. The van der Waals surface area contributed by atoms with Crippen LogP contribution in [0.2, 0.25) is 0 Å². The van der Waals surface area contributed by atoms with Gasteiger partial charge in [0.15, 0.2) is 0 Å². The number of rotatable bonds is 3. The maximum Gasteiger partial charge on any atom is 0.226 e. The van der Waals surface area contributed by atoms with Crippen molar-refractivity contribution in [3.8, 4) is 0 Å². The van der Waals surface area contributed by atoms with Gasteiger partial charge in [0.05, 0.1) is 24.0 Å². The Bertz CT molecular complexity index is 589. The summed E-state index contributed by atoms with van der Waals surface area (Å²) in [5, 5.41) is 16.3. The summed E-state index contributed by atoms with van der Waals surface area (Å²) >= 11 is 0. The lowest BCUT2D eigenvalue weighted by atomic mass is 10.1. The monoisotopic (exact) mass is 273 g/mol.